The number of aryl methyl sites for hydroxylation is 1. The van der Waals surface area contributed by atoms with Crippen LogP contribution in [0.15, 0.2) is 42.5 Å². The molecule has 0 spiro atoms. The second-order valence-electron chi connectivity index (χ2n) is 10.9. The van der Waals surface area contributed by atoms with E-state index in [1.165, 1.54) is 4.90 Å². The quantitative estimate of drug-likeness (QED) is 0.435. The van der Waals surface area contributed by atoms with Crippen LogP contribution in [0.4, 0.5) is 10.5 Å². The van der Waals surface area contributed by atoms with Crippen LogP contribution >= 0.6 is 11.6 Å². The van der Waals surface area contributed by atoms with Crippen molar-refractivity contribution in [3.05, 3.63) is 64.2 Å². The number of amides is 3. The predicted molar refractivity (Wildman–Crippen MR) is 149 cm³/mol. The van der Waals surface area contributed by atoms with Crippen LogP contribution in [0.2, 0.25) is 5.02 Å². The van der Waals surface area contributed by atoms with Gasteiger partial charge < -0.3 is 25.4 Å². The molecule has 0 heterocycles. The van der Waals surface area contributed by atoms with Gasteiger partial charge in [-0.2, -0.15) is 0 Å². The Morgan fingerprint density at radius 3 is 2.16 bits per heavy atom. The Balaban J connectivity index is 2.59. The lowest BCUT2D eigenvalue weighted by Gasteiger charge is -2.42. The van der Waals surface area contributed by atoms with Crippen molar-refractivity contribution in [2.24, 2.45) is 0 Å². The smallest absolute Gasteiger partial charge is 0.408 e. The number of ether oxygens (including phenoxy) is 1. The van der Waals surface area contributed by atoms with Crippen LogP contribution in [0.3, 0.4) is 0 Å². The molecule has 3 amide bonds. The minimum atomic E-state index is -1.37. The van der Waals surface area contributed by atoms with Crippen LogP contribution < -0.4 is 10.6 Å². The molecular weight excluding hydrogens is 506 g/mol. The number of terminal acetylenes is 1. The molecule has 0 fully saturated rings. The number of aliphatic hydroxyl groups excluding tert-OH is 1. The number of rotatable bonds is 7. The van der Waals surface area contributed by atoms with Crippen LogP contribution in [0.1, 0.15) is 64.3 Å². The molecular formula is C29H36ClN3O5. The number of nitrogens with zero attached hydrogens (tertiary/aromatic N) is 1. The Bertz CT molecular complexity index is 1190. The first kappa shape index (κ1) is 30.7. The number of halogens is 1. The summed E-state index contributed by atoms with van der Waals surface area (Å²) in [6.45, 7) is 11.4. The van der Waals surface area contributed by atoms with E-state index in [0.29, 0.717) is 21.8 Å². The number of nitrogens with one attached hydrogen (secondary N) is 2. The molecule has 0 radical (unpaired) electrons. The van der Waals surface area contributed by atoms with Gasteiger partial charge in [-0.1, -0.05) is 41.8 Å². The molecule has 2 unspecified atom stereocenters. The van der Waals surface area contributed by atoms with E-state index < -0.39 is 47.7 Å². The minimum absolute atomic E-state index is 0.341. The fourth-order valence-corrected chi connectivity index (χ4v) is 4.08. The Labute approximate surface area is 229 Å². The van der Waals surface area contributed by atoms with E-state index >= 15 is 0 Å². The van der Waals surface area contributed by atoms with E-state index in [1.807, 2.05) is 0 Å². The highest BCUT2D eigenvalue weighted by Crippen LogP contribution is 2.33. The minimum Gasteiger partial charge on any atom is -0.444 e. The summed E-state index contributed by atoms with van der Waals surface area (Å²) in [4.78, 5) is 41.6. The molecule has 38 heavy (non-hydrogen) atoms. The van der Waals surface area contributed by atoms with Gasteiger partial charge in [0.1, 0.15) is 17.7 Å². The van der Waals surface area contributed by atoms with Gasteiger partial charge in [0.15, 0.2) is 0 Å². The Morgan fingerprint density at radius 2 is 1.68 bits per heavy atom. The number of hydrogen-bond donors (Lipinski definition) is 3. The van der Waals surface area contributed by atoms with Crippen molar-refractivity contribution in [3.63, 3.8) is 0 Å². The summed E-state index contributed by atoms with van der Waals surface area (Å²) in [5.41, 5.74) is 0.483. The molecule has 2 aromatic carbocycles. The lowest BCUT2D eigenvalue weighted by atomic mass is 9.94. The molecule has 2 aromatic rings. The van der Waals surface area contributed by atoms with Crippen molar-refractivity contribution in [2.45, 2.75) is 71.7 Å². The van der Waals surface area contributed by atoms with Gasteiger partial charge in [0.2, 0.25) is 5.91 Å². The molecule has 9 heteroatoms. The van der Waals surface area contributed by atoms with Crippen LogP contribution in [-0.4, -0.2) is 51.7 Å². The number of carbonyl (C=O) groups excluding carboxylic acids is 3. The van der Waals surface area contributed by atoms with E-state index in [1.54, 1.807) is 90.9 Å². The molecule has 2 rings (SSSR count). The molecule has 0 bridgehead atoms. The lowest BCUT2D eigenvalue weighted by Crippen LogP contribution is -2.59. The van der Waals surface area contributed by atoms with E-state index in [9.17, 15) is 19.5 Å². The van der Waals surface area contributed by atoms with E-state index in [0.717, 1.165) is 5.56 Å². The highest BCUT2D eigenvalue weighted by Gasteiger charge is 2.42. The third-order valence-corrected chi connectivity index (χ3v) is 5.82. The third kappa shape index (κ3) is 7.98. The molecule has 0 aliphatic carbocycles. The van der Waals surface area contributed by atoms with Gasteiger partial charge in [-0.3, -0.25) is 9.59 Å². The monoisotopic (exact) mass is 541 g/mol. The van der Waals surface area contributed by atoms with Crippen molar-refractivity contribution in [2.75, 3.05) is 11.9 Å². The number of hydrogen-bond acceptors (Lipinski definition) is 5. The maximum absolute atomic E-state index is 13.9. The third-order valence-electron chi connectivity index (χ3n) is 5.50. The van der Waals surface area contributed by atoms with Gasteiger partial charge in [0.05, 0.1) is 17.3 Å². The average molecular weight is 542 g/mol. The van der Waals surface area contributed by atoms with E-state index in [2.05, 4.69) is 16.6 Å². The molecule has 8 nitrogen and oxygen atoms in total. The van der Waals surface area contributed by atoms with Crippen molar-refractivity contribution < 1.29 is 24.2 Å². The summed E-state index contributed by atoms with van der Waals surface area (Å²) < 4.78 is 5.26. The second-order valence-corrected chi connectivity index (χ2v) is 11.3. The molecule has 2 atom stereocenters. The summed E-state index contributed by atoms with van der Waals surface area (Å²) in [7, 11) is 0. The normalized spacial score (nSPS) is 13.1. The number of alkyl carbamates (subject to hydrolysis) is 1. The number of benzene rings is 2. The zero-order valence-corrected chi connectivity index (χ0v) is 23.6. The summed E-state index contributed by atoms with van der Waals surface area (Å²) in [6, 6.07) is 9.36. The first-order valence-corrected chi connectivity index (χ1v) is 12.5. The van der Waals surface area contributed by atoms with Crippen molar-refractivity contribution in [1.29, 1.82) is 0 Å². The fraction of sp³-hybridized carbons (Fsp3) is 0.414. The Morgan fingerprint density at radius 1 is 1.08 bits per heavy atom. The van der Waals surface area contributed by atoms with Crippen LogP contribution in [0, 0.1) is 19.3 Å². The summed E-state index contributed by atoms with van der Waals surface area (Å²) >= 11 is 6.37. The van der Waals surface area contributed by atoms with Gasteiger partial charge in [0.25, 0.3) is 5.91 Å². The van der Waals surface area contributed by atoms with Crippen LogP contribution in [0.25, 0.3) is 0 Å². The maximum Gasteiger partial charge on any atom is 0.408 e. The first-order chi connectivity index (χ1) is 17.6. The Kier molecular flexibility index (Phi) is 9.96. The average Bonchev–Trinajstić information content (AvgIpc) is 2.81. The summed E-state index contributed by atoms with van der Waals surface area (Å²) in [5.74, 6) is 1.32. The largest absolute Gasteiger partial charge is 0.444 e. The first-order valence-electron chi connectivity index (χ1n) is 12.1. The van der Waals surface area contributed by atoms with Gasteiger partial charge in [0, 0.05) is 11.1 Å². The lowest BCUT2D eigenvalue weighted by molar-refractivity contribution is -0.147. The SMILES string of the molecule is C#Cc1ccc(C(C(=O)Nc2c(C)cccc2Cl)N(C(=O)C(CO)NC(=O)OC(C)(C)C)C(C)(C)C)cc1. The zero-order valence-electron chi connectivity index (χ0n) is 22.9. The second kappa shape index (κ2) is 12.3. The van der Waals surface area contributed by atoms with Gasteiger partial charge in [-0.05, 0) is 77.8 Å². The van der Waals surface area contributed by atoms with Gasteiger partial charge >= 0.3 is 6.09 Å². The van der Waals surface area contributed by atoms with Crippen LogP contribution in [-0.2, 0) is 14.3 Å². The van der Waals surface area contributed by atoms with Gasteiger partial charge in [-0.25, -0.2) is 4.79 Å². The molecule has 0 aliphatic rings. The van der Waals surface area contributed by atoms with Crippen molar-refractivity contribution in [1.82, 2.24) is 10.2 Å². The highest BCUT2D eigenvalue weighted by atomic mass is 35.5. The van der Waals surface area contributed by atoms with Crippen molar-refractivity contribution >= 4 is 35.2 Å². The van der Waals surface area contributed by atoms with E-state index in [-0.39, 0.29) is 0 Å². The maximum atomic E-state index is 13.9. The fourth-order valence-electron chi connectivity index (χ4n) is 3.81. The van der Waals surface area contributed by atoms with Gasteiger partial charge in [-0.15, -0.1) is 6.42 Å². The topological polar surface area (TPSA) is 108 Å². The standard InChI is InChI=1S/C29H36ClN3O5/c1-9-19-13-15-20(16-14-19)24(25(35)32-23-18(2)11-10-12-21(23)30)33(28(3,4)5)26(36)22(17-34)31-27(37)38-29(6,7)8/h1,10-16,22,24,34H,17H2,2-8H3,(H,31,37)(H,32,35). The molecule has 0 saturated carbocycles. The number of aliphatic hydroxyl groups is 1. The number of anilines is 1. The molecule has 3 N–H and O–H groups in total. The predicted octanol–water partition coefficient (Wildman–Crippen LogP) is 4.82. The zero-order chi connectivity index (χ0) is 28.8. The summed E-state index contributed by atoms with van der Waals surface area (Å²) in [6.07, 6.45) is 4.64. The molecule has 0 saturated heterocycles. The number of para-hydroxylation sites is 1. The molecule has 0 aliphatic heterocycles. The highest BCUT2D eigenvalue weighted by molar-refractivity contribution is 6.34. The van der Waals surface area contributed by atoms with E-state index in [4.69, 9.17) is 22.8 Å². The Hall–Kier alpha value is -3.54. The number of carbonyl (C=O) groups is 3. The molecule has 204 valence electrons. The van der Waals surface area contributed by atoms with Crippen molar-refractivity contribution in [3.8, 4) is 12.3 Å². The molecule has 0 aromatic heterocycles. The van der Waals surface area contributed by atoms with Crippen LogP contribution in [0.5, 0.6) is 0 Å². The summed E-state index contributed by atoms with van der Waals surface area (Å²) in [5, 5.41) is 15.7.